The largest absolute Gasteiger partial charge is 0.126 e. The molecule has 1 aromatic carbocycles. The molecule has 0 spiro atoms. The molecule has 0 unspecified atom stereocenters. The number of alkyl halides is 1. The first-order valence-corrected chi connectivity index (χ1v) is 5.76. The summed E-state index contributed by atoms with van der Waals surface area (Å²) in [5, 5.41) is 1.21. The van der Waals surface area contributed by atoms with Gasteiger partial charge in [0.2, 0.25) is 0 Å². The Labute approximate surface area is 95.4 Å². The predicted molar refractivity (Wildman–Crippen MR) is 66.7 cm³/mol. The number of hydrogen-bond donors (Lipinski definition) is 0. The highest BCUT2D eigenvalue weighted by atomic mass is 35.5. The van der Waals surface area contributed by atoms with E-state index in [4.69, 9.17) is 11.6 Å². The molecule has 0 saturated carbocycles. The first kappa shape index (κ1) is 13.5. The van der Waals surface area contributed by atoms with Crippen molar-refractivity contribution in [3.8, 4) is 0 Å². The van der Waals surface area contributed by atoms with Gasteiger partial charge in [0.15, 0.2) is 0 Å². The summed E-state index contributed by atoms with van der Waals surface area (Å²) in [5.41, 5.74) is 1.37. The third-order valence-electron chi connectivity index (χ3n) is 1.71. The van der Waals surface area contributed by atoms with Crippen LogP contribution >= 0.6 is 11.6 Å². The molecular formula is C12H16ClSi. The number of rotatable bonds is 3. The van der Waals surface area contributed by atoms with Crippen molar-refractivity contribution in [2.24, 2.45) is 0 Å². The molecule has 3 radical (unpaired) electrons. The van der Waals surface area contributed by atoms with Gasteiger partial charge in [0.25, 0.3) is 0 Å². The quantitative estimate of drug-likeness (QED) is 0.420. The molecule has 0 aliphatic heterocycles. The predicted octanol–water partition coefficient (Wildman–Crippen LogP) is 2.84. The third-order valence-corrected chi connectivity index (χ3v) is 2.42. The fourth-order valence-corrected chi connectivity index (χ4v) is 1.42. The summed E-state index contributed by atoms with van der Waals surface area (Å²) in [5.74, 6) is 0.698. The van der Waals surface area contributed by atoms with Crippen LogP contribution in [-0.2, 0) is 6.42 Å². The lowest BCUT2D eigenvalue weighted by atomic mass is 10.2. The van der Waals surface area contributed by atoms with Crippen LogP contribution in [0.1, 0.15) is 18.9 Å². The van der Waals surface area contributed by atoms with Crippen LogP contribution in [0.25, 0.3) is 0 Å². The van der Waals surface area contributed by atoms with Gasteiger partial charge in [-0.2, -0.15) is 0 Å². The smallest absolute Gasteiger partial charge is 0.0715 e. The van der Waals surface area contributed by atoms with Crippen molar-refractivity contribution in [3.63, 3.8) is 0 Å². The van der Waals surface area contributed by atoms with E-state index < -0.39 is 0 Å². The SMILES string of the molecule is C=CCCCl.CCc1ccccc1[Si]. The number of aryl methyl sites for hydroxylation is 1. The Hall–Kier alpha value is -0.533. The number of allylic oxidation sites excluding steroid dienone is 1. The van der Waals surface area contributed by atoms with Gasteiger partial charge >= 0.3 is 0 Å². The minimum Gasteiger partial charge on any atom is -0.126 e. The van der Waals surface area contributed by atoms with Gasteiger partial charge in [-0.25, -0.2) is 0 Å². The molecule has 0 aromatic heterocycles. The van der Waals surface area contributed by atoms with Crippen molar-refractivity contribution in [3.05, 3.63) is 42.5 Å². The average molecular weight is 224 g/mol. The molecule has 75 valence electrons. The van der Waals surface area contributed by atoms with E-state index in [2.05, 4.69) is 41.9 Å². The van der Waals surface area contributed by atoms with Crippen molar-refractivity contribution >= 4 is 27.0 Å². The van der Waals surface area contributed by atoms with Gasteiger partial charge < -0.3 is 0 Å². The monoisotopic (exact) mass is 223 g/mol. The second-order valence-corrected chi connectivity index (χ2v) is 3.69. The van der Waals surface area contributed by atoms with E-state index >= 15 is 0 Å². The molecule has 0 atom stereocenters. The molecule has 0 N–H and O–H groups in total. The fourth-order valence-electron chi connectivity index (χ4n) is 0.906. The molecule has 1 aromatic rings. The van der Waals surface area contributed by atoms with Crippen LogP contribution in [0.3, 0.4) is 0 Å². The van der Waals surface area contributed by atoms with Gasteiger partial charge in [0.05, 0.1) is 10.2 Å². The molecule has 0 saturated heterocycles. The Morgan fingerprint density at radius 2 is 2.07 bits per heavy atom. The van der Waals surface area contributed by atoms with E-state index in [1.807, 2.05) is 6.07 Å². The Balaban J connectivity index is 0.000000292. The van der Waals surface area contributed by atoms with Gasteiger partial charge in [0.1, 0.15) is 0 Å². The molecule has 1 rings (SSSR count). The minimum atomic E-state index is 0.698. The Morgan fingerprint density at radius 3 is 2.36 bits per heavy atom. The van der Waals surface area contributed by atoms with Crippen LogP contribution in [0, 0.1) is 0 Å². The Morgan fingerprint density at radius 1 is 1.43 bits per heavy atom. The third kappa shape index (κ3) is 6.00. The van der Waals surface area contributed by atoms with Gasteiger partial charge in [-0.3, -0.25) is 0 Å². The molecule has 0 bridgehead atoms. The molecule has 0 fully saturated rings. The van der Waals surface area contributed by atoms with Gasteiger partial charge in [-0.15, -0.1) is 18.2 Å². The summed E-state index contributed by atoms with van der Waals surface area (Å²) in [6, 6.07) is 8.28. The van der Waals surface area contributed by atoms with Crippen LogP contribution in [0.15, 0.2) is 36.9 Å². The summed E-state index contributed by atoms with van der Waals surface area (Å²) in [4.78, 5) is 0. The molecule has 0 nitrogen and oxygen atoms in total. The molecule has 0 amide bonds. The van der Waals surface area contributed by atoms with Crippen LogP contribution in [0.2, 0.25) is 0 Å². The van der Waals surface area contributed by atoms with E-state index in [0.717, 1.165) is 12.8 Å². The van der Waals surface area contributed by atoms with Crippen molar-refractivity contribution < 1.29 is 0 Å². The molecule has 14 heavy (non-hydrogen) atoms. The van der Waals surface area contributed by atoms with E-state index in [1.165, 1.54) is 10.8 Å². The zero-order valence-corrected chi connectivity index (χ0v) is 10.3. The second-order valence-electron chi connectivity index (χ2n) is 2.78. The lowest BCUT2D eigenvalue weighted by Gasteiger charge is -1.98. The topological polar surface area (TPSA) is 0 Å². The minimum absolute atomic E-state index is 0.698. The molecular weight excluding hydrogens is 208 g/mol. The summed E-state index contributed by atoms with van der Waals surface area (Å²) >= 11 is 5.23. The van der Waals surface area contributed by atoms with Crippen LogP contribution < -0.4 is 5.19 Å². The Bertz CT molecular complexity index is 258. The molecule has 2 heteroatoms. The van der Waals surface area contributed by atoms with Gasteiger partial charge in [-0.05, 0) is 18.4 Å². The molecule has 0 heterocycles. The number of benzene rings is 1. The molecule has 0 aliphatic rings. The lowest BCUT2D eigenvalue weighted by molar-refractivity contribution is 1.15. The maximum atomic E-state index is 5.23. The Kier molecular flexibility index (Phi) is 8.69. The average Bonchev–Trinajstić information content (AvgIpc) is 2.21. The van der Waals surface area contributed by atoms with Gasteiger partial charge in [-0.1, -0.05) is 42.5 Å². The highest BCUT2D eigenvalue weighted by Crippen LogP contribution is 1.93. The van der Waals surface area contributed by atoms with E-state index in [0.29, 0.717) is 5.88 Å². The lowest BCUT2D eigenvalue weighted by Crippen LogP contribution is -2.07. The second kappa shape index (κ2) is 9.04. The van der Waals surface area contributed by atoms with Gasteiger partial charge in [0, 0.05) is 5.88 Å². The summed E-state index contributed by atoms with van der Waals surface area (Å²) in [6.45, 7) is 5.62. The van der Waals surface area contributed by atoms with Crippen LogP contribution in [0.5, 0.6) is 0 Å². The van der Waals surface area contributed by atoms with Crippen molar-refractivity contribution in [2.75, 3.05) is 5.88 Å². The van der Waals surface area contributed by atoms with Crippen LogP contribution in [-0.4, -0.2) is 16.1 Å². The number of hydrogen-bond acceptors (Lipinski definition) is 0. The maximum absolute atomic E-state index is 5.23. The highest BCUT2D eigenvalue weighted by Gasteiger charge is 1.89. The maximum Gasteiger partial charge on any atom is 0.0715 e. The van der Waals surface area contributed by atoms with Crippen LogP contribution in [0.4, 0.5) is 0 Å². The van der Waals surface area contributed by atoms with Crippen molar-refractivity contribution in [2.45, 2.75) is 19.8 Å². The fraction of sp³-hybridized carbons (Fsp3) is 0.333. The summed E-state index contributed by atoms with van der Waals surface area (Å²) in [6.07, 6.45) is 3.81. The van der Waals surface area contributed by atoms with Crippen molar-refractivity contribution in [1.82, 2.24) is 0 Å². The highest BCUT2D eigenvalue weighted by molar-refractivity contribution is 6.33. The van der Waals surface area contributed by atoms with Crippen molar-refractivity contribution in [1.29, 1.82) is 0 Å². The first-order valence-electron chi connectivity index (χ1n) is 4.72. The molecule has 0 aliphatic carbocycles. The van der Waals surface area contributed by atoms with E-state index in [1.54, 1.807) is 6.08 Å². The zero-order chi connectivity index (χ0) is 10.8. The number of halogens is 1. The first-order chi connectivity index (χ1) is 6.76. The zero-order valence-electron chi connectivity index (χ0n) is 8.59. The summed E-state index contributed by atoms with van der Waals surface area (Å²) in [7, 11) is 3.50. The van der Waals surface area contributed by atoms with E-state index in [-0.39, 0.29) is 0 Å². The summed E-state index contributed by atoms with van der Waals surface area (Å²) < 4.78 is 0. The standard InChI is InChI=1S/C8H9Si.C4H7Cl/c1-2-7-5-3-4-6-8(7)9;1-2-3-4-5/h3-6H,2H2,1H3;2H,1,3-4H2. The van der Waals surface area contributed by atoms with E-state index in [9.17, 15) is 0 Å². The normalized spacial score (nSPS) is 8.79.